The van der Waals surface area contributed by atoms with Crippen molar-refractivity contribution < 1.29 is 24.5 Å². The van der Waals surface area contributed by atoms with E-state index in [-0.39, 0.29) is 18.5 Å². The number of ether oxygens (including phenoxy) is 1. The lowest BCUT2D eigenvalue weighted by molar-refractivity contribution is -0.143. The Bertz CT molecular complexity index is 1010. The summed E-state index contributed by atoms with van der Waals surface area (Å²) in [6.07, 6.45) is 71.1. The zero-order chi connectivity index (χ0) is 50.7. The SMILES string of the molecule is CCCCCCCCCCCCCCCCCCCCCCCCC(O)C(CO)NC(=O)CCCCCCCCCCCCCCCCCCCCOC(=O)CCCCCCCCCCCCCCC. The smallest absolute Gasteiger partial charge is 0.305 e. The zero-order valence-corrected chi connectivity index (χ0v) is 47.8. The number of aliphatic hydroxyl groups excluding tert-OH is 2. The molecule has 0 fully saturated rings. The molecule has 0 saturated heterocycles. The van der Waals surface area contributed by atoms with Crippen LogP contribution in [-0.4, -0.2) is 47.4 Å². The molecule has 6 heteroatoms. The van der Waals surface area contributed by atoms with Crippen molar-refractivity contribution in [2.45, 2.75) is 386 Å². The maximum atomic E-state index is 12.5. The van der Waals surface area contributed by atoms with Gasteiger partial charge in [0.15, 0.2) is 0 Å². The van der Waals surface area contributed by atoms with E-state index >= 15 is 0 Å². The largest absolute Gasteiger partial charge is 0.466 e. The van der Waals surface area contributed by atoms with Gasteiger partial charge in [-0.3, -0.25) is 9.59 Å². The minimum Gasteiger partial charge on any atom is -0.466 e. The molecule has 0 spiro atoms. The maximum absolute atomic E-state index is 12.5. The van der Waals surface area contributed by atoms with Crippen LogP contribution in [0, 0.1) is 0 Å². The summed E-state index contributed by atoms with van der Waals surface area (Å²) < 4.78 is 5.48. The molecule has 0 rings (SSSR count). The highest BCUT2D eigenvalue weighted by Crippen LogP contribution is 2.19. The lowest BCUT2D eigenvalue weighted by Gasteiger charge is -2.22. The van der Waals surface area contributed by atoms with Crippen molar-refractivity contribution in [2.75, 3.05) is 13.2 Å². The number of rotatable bonds is 61. The molecule has 3 N–H and O–H groups in total. The Kier molecular flexibility index (Phi) is 59.4. The number of nitrogens with one attached hydrogen (secondary N) is 1. The minimum absolute atomic E-state index is 0.0103. The van der Waals surface area contributed by atoms with Crippen LogP contribution in [0.3, 0.4) is 0 Å². The zero-order valence-electron chi connectivity index (χ0n) is 47.8. The Morgan fingerprint density at radius 3 is 0.871 bits per heavy atom. The Morgan fingerprint density at radius 1 is 0.343 bits per heavy atom. The molecule has 70 heavy (non-hydrogen) atoms. The molecule has 1 amide bonds. The standard InChI is InChI=1S/C64H127NO5/c1-3-5-7-9-11-13-15-17-18-19-20-21-22-23-26-29-33-36-40-44-48-52-56-62(67)61(60-66)65-63(68)57-53-49-45-41-37-34-30-27-24-25-28-31-35-39-43-47-51-55-59-70-64(69)58-54-50-46-42-38-32-16-14-12-10-8-6-4-2/h61-62,66-67H,3-60H2,1-2H3,(H,65,68). The molecule has 0 radical (unpaired) electrons. The summed E-state index contributed by atoms with van der Waals surface area (Å²) in [6.45, 7) is 4.99. The van der Waals surface area contributed by atoms with Gasteiger partial charge in [-0.2, -0.15) is 0 Å². The van der Waals surface area contributed by atoms with Crippen LogP contribution in [0.4, 0.5) is 0 Å². The summed E-state index contributed by atoms with van der Waals surface area (Å²) in [4.78, 5) is 24.6. The van der Waals surface area contributed by atoms with E-state index in [1.165, 1.54) is 302 Å². The third-order valence-corrected chi connectivity index (χ3v) is 15.4. The summed E-state index contributed by atoms with van der Waals surface area (Å²) in [7, 11) is 0. The minimum atomic E-state index is -0.667. The first kappa shape index (κ1) is 68.9. The normalized spacial score (nSPS) is 12.5. The summed E-state index contributed by atoms with van der Waals surface area (Å²) >= 11 is 0. The van der Waals surface area contributed by atoms with Gasteiger partial charge in [0.2, 0.25) is 5.91 Å². The second kappa shape index (κ2) is 60.4. The van der Waals surface area contributed by atoms with Crippen LogP contribution >= 0.6 is 0 Å². The van der Waals surface area contributed by atoms with Gasteiger partial charge in [0.25, 0.3) is 0 Å². The Labute approximate surface area is 438 Å². The number of hydrogen-bond donors (Lipinski definition) is 3. The summed E-state index contributed by atoms with van der Waals surface area (Å²) in [5.74, 6) is -0.0235. The Hall–Kier alpha value is -1.14. The second-order valence-corrected chi connectivity index (χ2v) is 22.5. The van der Waals surface area contributed by atoms with E-state index in [0.717, 1.165) is 38.5 Å². The van der Waals surface area contributed by atoms with Gasteiger partial charge < -0.3 is 20.3 Å². The molecule has 0 heterocycles. The number of carbonyl (C=O) groups is 2. The molecule has 418 valence electrons. The number of carbonyl (C=O) groups excluding carboxylic acids is 2. The molecule has 2 unspecified atom stereocenters. The highest BCUT2D eigenvalue weighted by molar-refractivity contribution is 5.76. The van der Waals surface area contributed by atoms with E-state index in [0.29, 0.717) is 25.9 Å². The van der Waals surface area contributed by atoms with E-state index in [1.807, 2.05) is 0 Å². The number of aliphatic hydroxyl groups is 2. The highest BCUT2D eigenvalue weighted by atomic mass is 16.5. The third kappa shape index (κ3) is 56.2. The first-order valence-electron chi connectivity index (χ1n) is 32.3. The summed E-state index contributed by atoms with van der Waals surface area (Å²) in [6, 6.07) is -0.544. The van der Waals surface area contributed by atoms with Crippen LogP contribution in [-0.2, 0) is 14.3 Å². The van der Waals surface area contributed by atoms with Gasteiger partial charge >= 0.3 is 5.97 Å². The van der Waals surface area contributed by atoms with Crippen molar-refractivity contribution in [1.29, 1.82) is 0 Å². The van der Waals surface area contributed by atoms with Crippen molar-refractivity contribution in [3.8, 4) is 0 Å². The monoisotopic (exact) mass is 990 g/mol. The van der Waals surface area contributed by atoms with Crippen molar-refractivity contribution >= 4 is 11.9 Å². The second-order valence-electron chi connectivity index (χ2n) is 22.5. The molecular formula is C64H127NO5. The molecule has 0 aromatic rings. The van der Waals surface area contributed by atoms with Crippen LogP contribution in [0.5, 0.6) is 0 Å². The van der Waals surface area contributed by atoms with Crippen molar-refractivity contribution in [1.82, 2.24) is 5.32 Å². The molecule has 0 aliphatic rings. The van der Waals surface area contributed by atoms with Crippen molar-refractivity contribution in [2.24, 2.45) is 0 Å². The Balaban J connectivity index is 3.39. The number of amides is 1. The van der Waals surface area contributed by atoms with Gasteiger partial charge in [-0.25, -0.2) is 0 Å². The van der Waals surface area contributed by atoms with Crippen LogP contribution in [0.1, 0.15) is 373 Å². The van der Waals surface area contributed by atoms with E-state index < -0.39 is 12.1 Å². The molecule has 6 nitrogen and oxygen atoms in total. The predicted octanol–water partition coefficient (Wildman–Crippen LogP) is 20.3. The van der Waals surface area contributed by atoms with Gasteiger partial charge in [-0.05, 0) is 25.7 Å². The summed E-state index contributed by atoms with van der Waals surface area (Å²) in [5, 5.41) is 23.4. The van der Waals surface area contributed by atoms with E-state index in [9.17, 15) is 19.8 Å². The fraction of sp³-hybridized carbons (Fsp3) is 0.969. The Morgan fingerprint density at radius 2 is 0.586 bits per heavy atom. The molecule has 0 bridgehead atoms. The maximum Gasteiger partial charge on any atom is 0.305 e. The third-order valence-electron chi connectivity index (χ3n) is 15.4. The fourth-order valence-electron chi connectivity index (χ4n) is 10.5. The average Bonchev–Trinajstić information content (AvgIpc) is 3.36. The highest BCUT2D eigenvalue weighted by Gasteiger charge is 2.20. The van der Waals surface area contributed by atoms with E-state index in [4.69, 9.17) is 4.74 Å². The van der Waals surface area contributed by atoms with Crippen LogP contribution in [0.25, 0.3) is 0 Å². The van der Waals surface area contributed by atoms with Crippen molar-refractivity contribution in [3.63, 3.8) is 0 Å². The van der Waals surface area contributed by atoms with Gasteiger partial charge in [-0.1, -0.05) is 335 Å². The van der Waals surface area contributed by atoms with Crippen molar-refractivity contribution in [3.05, 3.63) is 0 Å². The molecule has 0 aliphatic carbocycles. The van der Waals surface area contributed by atoms with Crippen LogP contribution in [0.15, 0.2) is 0 Å². The van der Waals surface area contributed by atoms with Gasteiger partial charge in [0.1, 0.15) is 0 Å². The quantitative estimate of drug-likeness (QED) is 0.0417. The van der Waals surface area contributed by atoms with Gasteiger partial charge in [0.05, 0.1) is 25.4 Å². The lowest BCUT2D eigenvalue weighted by Crippen LogP contribution is -2.45. The van der Waals surface area contributed by atoms with Gasteiger partial charge in [0, 0.05) is 12.8 Å². The lowest BCUT2D eigenvalue weighted by atomic mass is 10.0. The molecular weight excluding hydrogens is 863 g/mol. The molecule has 0 saturated carbocycles. The van der Waals surface area contributed by atoms with Crippen LogP contribution in [0.2, 0.25) is 0 Å². The first-order chi connectivity index (χ1) is 34.5. The molecule has 0 aromatic carbocycles. The predicted molar refractivity (Wildman–Crippen MR) is 306 cm³/mol. The van der Waals surface area contributed by atoms with Crippen LogP contribution < -0.4 is 5.32 Å². The molecule has 2 atom stereocenters. The average molecular weight is 991 g/mol. The number of unbranched alkanes of at least 4 members (excludes halogenated alkanes) is 50. The topological polar surface area (TPSA) is 95.9 Å². The van der Waals surface area contributed by atoms with Gasteiger partial charge in [-0.15, -0.1) is 0 Å². The summed E-state index contributed by atoms with van der Waals surface area (Å²) in [5.41, 5.74) is 0. The number of hydrogen-bond acceptors (Lipinski definition) is 5. The fourth-order valence-corrected chi connectivity index (χ4v) is 10.5. The molecule has 0 aliphatic heterocycles. The molecule has 0 aromatic heterocycles. The van der Waals surface area contributed by atoms with E-state index in [1.54, 1.807) is 0 Å². The van der Waals surface area contributed by atoms with E-state index in [2.05, 4.69) is 19.2 Å². The first-order valence-corrected chi connectivity index (χ1v) is 32.3. The number of esters is 1.